The van der Waals surface area contributed by atoms with Crippen LogP contribution in [0.2, 0.25) is 5.15 Å². The van der Waals surface area contributed by atoms with Crippen molar-refractivity contribution in [3.8, 4) is 0 Å². The number of aryl methyl sites for hydroxylation is 1. The van der Waals surface area contributed by atoms with Crippen molar-refractivity contribution >= 4 is 52.0 Å². The Morgan fingerprint density at radius 3 is 2.70 bits per heavy atom. The summed E-state index contributed by atoms with van der Waals surface area (Å²) in [5.74, 6) is -0.218. The number of amides is 1. The summed E-state index contributed by atoms with van der Waals surface area (Å²) in [6, 6.07) is 9.68. The number of carbonyl (C=O) groups excluding carboxylic acids is 1. The average Bonchev–Trinajstić information content (AvgIpc) is 3.28. The number of aromatic nitrogens is 4. The van der Waals surface area contributed by atoms with E-state index in [0.29, 0.717) is 47.0 Å². The topological polar surface area (TPSA) is 105 Å². The molecule has 1 amide bonds. The third-order valence-electron chi connectivity index (χ3n) is 6.13. The second-order valence-electron chi connectivity index (χ2n) is 8.67. The zero-order valence-electron chi connectivity index (χ0n) is 20.3. The van der Waals surface area contributed by atoms with Crippen LogP contribution in [0.3, 0.4) is 0 Å². The summed E-state index contributed by atoms with van der Waals surface area (Å²) >= 11 is 7.18. The van der Waals surface area contributed by atoms with Gasteiger partial charge in [0.2, 0.25) is 5.95 Å². The standard InChI is InChI=1S/C25H23ClFN7O2S/c1-13-8-17-21(19(29-13)10-28-18-6-7-20(26)30-22(18)23(35)32-37-3)31-25(33(2)24(17)36)34-11-14-4-5-16(27)9-15(14)12-34/h4-9,28H,10-12H2,1-3H3,(H,32,35). The molecule has 3 aromatic heterocycles. The molecule has 0 saturated heterocycles. The molecule has 190 valence electrons. The van der Waals surface area contributed by atoms with E-state index >= 15 is 0 Å². The fourth-order valence-corrected chi connectivity index (χ4v) is 4.88. The van der Waals surface area contributed by atoms with Gasteiger partial charge in [-0.15, -0.1) is 0 Å². The molecule has 0 unspecified atom stereocenters. The molecule has 0 spiro atoms. The Labute approximate surface area is 221 Å². The summed E-state index contributed by atoms with van der Waals surface area (Å²) in [5, 5.41) is 3.83. The lowest BCUT2D eigenvalue weighted by Crippen LogP contribution is -2.28. The molecular formula is C25H23ClFN7O2S. The first-order valence-electron chi connectivity index (χ1n) is 11.4. The van der Waals surface area contributed by atoms with Crippen molar-refractivity contribution < 1.29 is 9.18 Å². The molecule has 0 aliphatic carbocycles. The van der Waals surface area contributed by atoms with Crippen LogP contribution in [0.5, 0.6) is 0 Å². The van der Waals surface area contributed by atoms with E-state index in [2.05, 4.69) is 20.0 Å². The SMILES string of the molecule is CSNC(=O)c1nc(Cl)ccc1NCc1nc(C)cc2c(=O)n(C)c(N3Cc4ccc(F)cc4C3)nc12. The van der Waals surface area contributed by atoms with Gasteiger partial charge in [-0.3, -0.25) is 23.9 Å². The van der Waals surface area contributed by atoms with Crippen LogP contribution in [-0.2, 0) is 26.7 Å². The van der Waals surface area contributed by atoms with Gasteiger partial charge in [0, 0.05) is 32.1 Å². The molecular weight excluding hydrogens is 517 g/mol. The molecule has 9 nitrogen and oxygen atoms in total. The molecule has 0 atom stereocenters. The van der Waals surface area contributed by atoms with E-state index in [-0.39, 0.29) is 34.7 Å². The van der Waals surface area contributed by atoms with Gasteiger partial charge < -0.3 is 10.2 Å². The molecule has 0 radical (unpaired) electrons. The number of halogens is 2. The molecule has 37 heavy (non-hydrogen) atoms. The summed E-state index contributed by atoms with van der Waals surface area (Å²) in [7, 11) is 1.68. The van der Waals surface area contributed by atoms with Gasteiger partial charge in [-0.05, 0) is 48.4 Å². The van der Waals surface area contributed by atoms with Crippen molar-refractivity contribution in [3.63, 3.8) is 0 Å². The minimum atomic E-state index is -0.390. The maximum Gasteiger partial charge on any atom is 0.281 e. The third-order valence-corrected chi connectivity index (χ3v) is 6.73. The smallest absolute Gasteiger partial charge is 0.281 e. The van der Waals surface area contributed by atoms with E-state index in [9.17, 15) is 14.0 Å². The molecule has 1 aliphatic rings. The Hall–Kier alpha value is -3.70. The zero-order valence-corrected chi connectivity index (χ0v) is 21.9. The molecule has 4 heterocycles. The Kier molecular flexibility index (Phi) is 6.74. The number of benzene rings is 1. The van der Waals surface area contributed by atoms with Gasteiger partial charge in [0.25, 0.3) is 11.5 Å². The number of fused-ring (bicyclic) bond motifs is 2. The molecule has 1 aromatic carbocycles. The number of pyridine rings is 2. The Morgan fingerprint density at radius 2 is 1.92 bits per heavy atom. The number of anilines is 2. The van der Waals surface area contributed by atoms with Crippen molar-refractivity contribution in [1.82, 2.24) is 24.2 Å². The molecule has 0 saturated carbocycles. The average molecular weight is 540 g/mol. The highest BCUT2D eigenvalue weighted by Gasteiger charge is 2.24. The van der Waals surface area contributed by atoms with Gasteiger partial charge in [0.1, 0.15) is 16.5 Å². The van der Waals surface area contributed by atoms with E-state index < -0.39 is 0 Å². The van der Waals surface area contributed by atoms with Gasteiger partial charge in [-0.25, -0.2) is 14.4 Å². The summed E-state index contributed by atoms with van der Waals surface area (Å²) in [5.41, 5.74) is 3.92. The Bertz CT molecular complexity index is 1610. The number of hydrogen-bond acceptors (Lipinski definition) is 8. The summed E-state index contributed by atoms with van der Waals surface area (Å²) in [6.07, 6.45) is 1.73. The minimum Gasteiger partial charge on any atom is -0.377 e. The first-order valence-corrected chi connectivity index (χ1v) is 13.0. The Balaban J connectivity index is 1.53. The van der Waals surface area contributed by atoms with Crippen molar-refractivity contribution in [2.75, 3.05) is 16.5 Å². The normalized spacial score (nSPS) is 12.6. The van der Waals surface area contributed by atoms with Crippen molar-refractivity contribution in [3.05, 3.63) is 85.9 Å². The maximum absolute atomic E-state index is 13.8. The van der Waals surface area contributed by atoms with Crippen molar-refractivity contribution in [1.29, 1.82) is 0 Å². The summed E-state index contributed by atoms with van der Waals surface area (Å²) < 4.78 is 17.9. The fourth-order valence-electron chi connectivity index (χ4n) is 4.45. The zero-order chi connectivity index (χ0) is 26.3. The van der Waals surface area contributed by atoms with Crippen molar-refractivity contribution in [2.45, 2.75) is 26.6 Å². The first-order chi connectivity index (χ1) is 17.7. The molecule has 1 aliphatic heterocycles. The van der Waals surface area contributed by atoms with Gasteiger partial charge in [0.05, 0.1) is 23.3 Å². The molecule has 12 heteroatoms. The van der Waals surface area contributed by atoms with E-state index in [1.54, 1.807) is 37.6 Å². The fraction of sp³-hybridized carbons (Fsp3) is 0.240. The molecule has 2 N–H and O–H groups in total. The monoisotopic (exact) mass is 539 g/mol. The highest BCUT2D eigenvalue weighted by Crippen LogP contribution is 2.28. The molecule has 0 bridgehead atoms. The molecule has 4 aromatic rings. The number of nitrogens with one attached hydrogen (secondary N) is 2. The van der Waals surface area contributed by atoms with Gasteiger partial charge in [-0.2, -0.15) is 0 Å². The lowest BCUT2D eigenvalue weighted by atomic mass is 10.1. The van der Waals surface area contributed by atoms with E-state index in [1.807, 2.05) is 11.8 Å². The second kappa shape index (κ2) is 9.98. The van der Waals surface area contributed by atoms with Gasteiger partial charge in [-0.1, -0.05) is 29.6 Å². The van der Waals surface area contributed by atoms with Gasteiger partial charge >= 0.3 is 0 Å². The van der Waals surface area contributed by atoms with Crippen molar-refractivity contribution in [2.24, 2.45) is 7.05 Å². The number of hydrogen-bond donors (Lipinski definition) is 2. The predicted molar refractivity (Wildman–Crippen MR) is 143 cm³/mol. The van der Waals surface area contributed by atoms with E-state index in [4.69, 9.17) is 16.6 Å². The van der Waals surface area contributed by atoms with E-state index in [0.717, 1.165) is 23.1 Å². The summed E-state index contributed by atoms with van der Waals surface area (Å²) in [6.45, 7) is 2.95. The Morgan fingerprint density at radius 1 is 1.14 bits per heavy atom. The second-order valence-corrected chi connectivity index (χ2v) is 9.67. The predicted octanol–water partition coefficient (Wildman–Crippen LogP) is 3.96. The first kappa shape index (κ1) is 25.0. The van der Waals surface area contributed by atoms with Gasteiger partial charge in [0.15, 0.2) is 5.69 Å². The van der Waals surface area contributed by atoms with Crippen LogP contribution in [-0.4, -0.2) is 31.7 Å². The van der Waals surface area contributed by atoms with E-state index in [1.165, 1.54) is 16.7 Å². The lowest BCUT2D eigenvalue weighted by molar-refractivity contribution is 0.0980. The lowest BCUT2D eigenvalue weighted by Gasteiger charge is -2.21. The van der Waals surface area contributed by atoms with Crippen LogP contribution >= 0.6 is 23.5 Å². The maximum atomic E-state index is 13.8. The third kappa shape index (κ3) is 4.84. The highest BCUT2D eigenvalue weighted by molar-refractivity contribution is 7.97. The quantitative estimate of drug-likeness (QED) is 0.280. The highest BCUT2D eigenvalue weighted by atomic mass is 35.5. The largest absolute Gasteiger partial charge is 0.377 e. The van der Waals surface area contributed by atoms with Crippen LogP contribution in [0.25, 0.3) is 10.9 Å². The van der Waals surface area contributed by atoms with Crippen LogP contribution in [0.1, 0.15) is 33.0 Å². The van der Waals surface area contributed by atoms with Crippen LogP contribution in [0.4, 0.5) is 16.0 Å². The number of nitrogens with zero attached hydrogens (tertiary/aromatic N) is 5. The number of carbonyl (C=O) groups is 1. The van der Waals surface area contributed by atoms with Crippen LogP contribution in [0.15, 0.2) is 41.2 Å². The van der Waals surface area contributed by atoms with Crippen LogP contribution in [0, 0.1) is 12.7 Å². The minimum absolute atomic E-state index is 0.144. The number of rotatable bonds is 6. The molecule has 0 fully saturated rings. The molecule has 5 rings (SSSR count). The summed E-state index contributed by atoms with van der Waals surface area (Å²) in [4.78, 5) is 41.5. The van der Waals surface area contributed by atoms with Crippen LogP contribution < -0.4 is 20.5 Å².